The van der Waals surface area contributed by atoms with E-state index in [0.29, 0.717) is 10.2 Å². The lowest BCUT2D eigenvalue weighted by atomic mass is 9.98. The molecule has 0 fully saturated rings. The normalized spacial score (nSPS) is 12.9. The number of carbonyl (C=O) groups excluding carboxylic acids is 2. The van der Waals surface area contributed by atoms with Gasteiger partial charge in [0, 0.05) is 22.0 Å². The van der Waals surface area contributed by atoms with Gasteiger partial charge in [0.2, 0.25) is 0 Å². The van der Waals surface area contributed by atoms with E-state index in [4.69, 9.17) is 9.84 Å². The van der Waals surface area contributed by atoms with Gasteiger partial charge in [0.15, 0.2) is 0 Å². The van der Waals surface area contributed by atoms with Crippen LogP contribution in [0, 0.1) is 0 Å². The van der Waals surface area contributed by atoms with Gasteiger partial charge in [0.25, 0.3) is 5.91 Å². The minimum absolute atomic E-state index is 0.0607. The lowest BCUT2D eigenvalue weighted by molar-refractivity contribution is -0.137. The average molecular weight is 523 g/mol. The van der Waals surface area contributed by atoms with Crippen LogP contribution in [0.15, 0.2) is 71.2 Å². The number of amides is 2. The predicted octanol–water partition coefficient (Wildman–Crippen LogP) is 5.40. The number of halogens is 1. The molecule has 8 heteroatoms. The van der Waals surface area contributed by atoms with Gasteiger partial charge in [-0.05, 0) is 63.3 Å². The lowest BCUT2D eigenvalue weighted by Crippen LogP contribution is -2.34. The molecule has 4 rings (SSSR count). The second-order valence-electron chi connectivity index (χ2n) is 8.12. The molecule has 2 amide bonds. The van der Waals surface area contributed by atoms with Crippen molar-refractivity contribution in [3.05, 3.63) is 87.9 Å². The molecule has 1 aliphatic carbocycles. The quantitative estimate of drug-likeness (QED) is 0.385. The number of rotatable bonds is 7. The monoisotopic (exact) mass is 522 g/mol. The van der Waals surface area contributed by atoms with Crippen LogP contribution in [-0.4, -0.2) is 35.7 Å². The first-order chi connectivity index (χ1) is 16.3. The maximum absolute atomic E-state index is 12.6. The molecule has 0 saturated carbocycles. The van der Waals surface area contributed by atoms with E-state index in [1.54, 1.807) is 19.1 Å². The standard InChI is InChI=1S/C26H23BrN2O5/c1-15(12-24(30)31)28-25(32)16-10-11-22(27)23(13-16)29-26(33)34-14-21-19-8-4-2-6-17(19)18-7-3-5-9-20(18)21/h2-11,13,15,21H,12,14H2,1H3,(H,28,32)(H,29,33)(H,30,31)/t15-/m0/s1. The highest BCUT2D eigenvalue weighted by molar-refractivity contribution is 9.10. The Balaban J connectivity index is 1.42. The third-order valence-corrected chi connectivity index (χ3v) is 6.36. The van der Waals surface area contributed by atoms with Crippen LogP contribution in [0.2, 0.25) is 0 Å². The Bertz CT molecular complexity index is 1210. The van der Waals surface area contributed by atoms with Crippen molar-refractivity contribution in [2.24, 2.45) is 0 Å². The van der Waals surface area contributed by atoms with Crippen molar-refractivity contribution in [2.75, 3.05) is 11.9 Å². The Morgan fingerprint density at radius 1 is 1.00 bits per heavy atom. The van der Waals surface area contributed by atoms with Gasteiger partial charge in [0.05, 0.1) is 12.1 Å². The molecule has 3 aromatic carbocycles. The molecular weight excluding hydrogens is 500 g/mol. The number of anilines is 1. The second-order valence-corrected chi connectivity index (χ2v) is 8.97. The SMILES string of the molecule is C[C@@H](CC(=O)O)NC(=O)c1ccc(Br)c(NC(=O)OCC2c3ccccc3-c3ccccc32)c1. The van der Waals surface area contributed by atoms with E-state index in [9.17, 15) is 14.4 Å². The summed E-state index contributed by atoms with van der Waals surface area (Å²) in [6.07, 6.45) is -0.827. The molecule has 7 nitrogen and oxygen atoms in total. The van der Waals surface area contributed by atoms with E-state index in [0.717, 1.165) is 22.3 Å². The zero-order chi connectivity index (χ0) is 24.2. The minimum atomic E-state index is -0.999. The van der Waals surface area contributed by atoms with Crippen LogP contribution in [0.4, 0.5) is 10.5 Å². The fraction of sp³-hybridized carbons (Fsp3) is 0.192. The van der Waals surface area contributed by atoms with E-state index < -0.39 is 24.0 Å². The molecule has 0 bridgehead atoms. The minimum Gasteiger partial charge on any atom is -0.481 e. The highest BCUT2D eigenvalue weighted by Gasteiger charge is 2.29. The molecule has 174 valence electrons. The number of ether oxygens (including phenoxy) is 1. The maximum atomic E-state index is 12.6. The zero-order valence-electron chi connectivity index (χ0n) is 18.4. The predicted molar refractivity (Wildman–Crippen MR) is 132 cm³/mol. The molecule has 0 aliphatic heterocycles. The van der Waals surface area contributed by atoms with Crippen molar-refractivity contribution in [1.29, 1.82) is 0 Å². The van der Waals surface area contributed by atoms with E-state index in [1.165, 1.54) is 6.07 Å². The summed E-state index contributed by atoms with van der Waals surface area (Å²) < 4.78 is 6.15. The molecule has 1 aliphatic rings. The van der Waals surface area contributed by atoms with Crippen molar-refractivity contribution in [3.8, 4) is 11.1 Å². The molecule has 0 radical (unpaired) electrons. The van der Waals surface area contributed by atoms with Gasteiger partial charge in [-0.25, -0.2) is 4.79 Å². The van der Waals surface area contributed by atoms with Crippen LogP contribution in [0.5, 0.6) is 0 Å². The fourth-order valence-electron chi connectivity index (χ4n) is 4.13. The molecule has 0 spiro atoms. The summed E-state index contributed by atoms with van der Waals surface area (Å²) in [6, 6.07) is 20.4. The Hall–Kier alpha value is -3.65. The number of nitrogens with one attached hydrogen (secondary N) is 2. The number of hydrogen-bond acceptors (Lipinski definition) is 4. The highest BCUT2D eigenvalue weighted by Crippen LogP contribution is 2.44. The van der Waals surface area contributed by atoms with Crippen LogP contribution >= 0.6 is 15.9 Å². The van der Waals surface area contributed by atoms with Gasteiger partial charge in [-0.15, -0.1) is 0 Å². The van der Waals surface area contributed by atoms with Crippen molar-refractivity contribution >= 4 is 39.6 Å². The van der Waals surface area contributed by atoms with Crippen LogP contribution in [-0.2, 0) is 9.53 Å². The number of carboxylic acid groups (broad SMARTS) is 1. The van der Waals surface area contributed by atoms with Crippen LogP contribution < -0.4 is 10.6 Å². The molecule has 34 heavy (non-hydrogen) atoms. The van der Waals surface area contributed by atoms with E-state index in [2.05, 4.69) is 38.7 Å². The Labute approximate surface area is 205 Å². The smallest absolute Gasteiger partial charge is 0.411 e. The number of fused-ring (bicyclic) bond motifs is 3. The first-order valence-electron chi connectivity index (χ1n) is 10.8. The summed E-state index contributed by atoms with van der Waals surface area (Å²) in [6.45, 7) is 1.78. The largest absolute Gasteiger partial charge is 0.481 e. The number of benzene rings is 3. The number of aliphatic carboxylic acids is 1. The molecule has 3 N–H and O–H groups in total. The first kappa shape index (κ1) is 23.5. The topological polar surface area (TPSA) is 105 Å². The van der Waals surface area contributed by atoms with Gasteiger partial charge < -0.3 is 15.2 Å². The molecule has 0 saturated heterocycles. The molecule has 0 heterocycles. The lowest BCUT2D eigenvalue weighted by Gasteiger charge is -2.16. The van der Waals surface area contributed by atoms with Crippen molar-refractivity contribution in [3.63, 3.8) is 0 Å². The number of hydrogen-bond donors (Lipinski definition) is 3. The Kier molecular flexibility index (Phi) is 6.98. The summed E-state index contributed by atoms with van der Waals surface area (Å²) in [5.41, 5.74) is 5.18. The van der Waals surface area contributed by atoms with E-state index in [-0.39, 0.29) is 24.5 Å². The molecule has 1 atom stereocenters. The second kappa shape index (κ2) is 10.1. The zero-order valence-corrected chi connectivity index (χ0v) is 20.0. The highest BCUT2D eigenvalue weighted by atomic mass is 79.9. The van der Waals surface area contributed by atoms with Gasteiger partial charge in [-0.3, -0.25) is 14.9 Å². The number of carbonyl (C=O) groups is 3. The fourth-order valence-corrected chi connectivity index (χ4v) is 4.47. The van der Waals surface area contributed by atoms with Gasteiger partial charge in [-0.2, -0.15) is 0 Å². The summed E-state index contributed by atoms with van der Waals surface area (Å²) in [4.78, 5) is 35.9. The summed E-state index contributed by atoms with van der Waals surface area (Å²) in [5.74, 6) is -1.49. The van der Waals surface area contributed by atoms with Crippen molar-refractivity contribution < 1.29 is 24.2 Å². The van der Waals surface area contributed by atoms with Gasteiger partial charge in [0.1, 0.15) is 6.61 Å². The van der Waals surface area contributed by atoms with Gasteiger partial charge in [-0.1, -0.05) is 48.5 Å². The van der Waals surface area contributed by atoms with E-state index in [1.807, 2.05) is 36.4 Å². The maximum Gasteiger partial charge on any atom is 0.411 e. The van der Waals surface area contributed by atoms with E-state index >= 15 is 0 Å². The summed E-state index contributed by atoms with van der Waals surface area (Å²) >= 11 is 3.37. The van der Waals surface area contributed by atoms with Crippen molar-refractivity contribution in [2.45, 2.75) is 25.3 Å². The molecule has 0 aromatic heterocycles. The third kappa shape index (κ3) is 5.12. The first-order valence-corrected chi connectivity index (χ1v) is 11.6. The average Bonchev–Trinajstić information content (AvgIpc) is 3.12. The van der Waals surface area contributed by atoms with Crippen molar-refractivity contribution in [1.82, 2.24) is 5.32 Å². The summed E-state index contributed by atoms with van der Waals surface area (Å²) in [5, 5.41) is 14.2. The Morgan fingerprint density at radius 2 is 1.62 bits per heavy atom. The summed E-state index contributed by atoms with van der Waals surface area (Å²) in [7, 11) is 0. The molecular formula is C26H23BrN2O5. The third-order valence-electron chi connectivity index (χ3n) is 5.67. The Morgan fingerprint density at radius 3 is 2.24 bits per heavy atom. The number of carboxylic acids is 1. The van der Waals surface area contributed by atoms with Gasteiger partial charge >= 0.3 is 12.1 Å². The molecule has 0 unspecified atom stereocenters. The molecule has 3 aromatic rings. The van der Waals surface area contributed by atoms with Crippen LogP contribution in [0.3, 0.4) is 0 Å². The van der Waals surface area contributed by atoms with Crippen LogP contribution in [0.1, 0.15) is 40.7 Å². The van der Waals surface area contributed by atoms with Crippen LogP contribution in [0.25, 0.3) is 11.1 Å².